The Labute approximate surface area is 86.5 Å². The first-order chi connectivity index (χ1) is 7.04. The number of hydrogen-bond donors (Lipinski definition) is 2. The molecule has 1 aromatic rings. The second kappa shape index (κ2) is 6.50. The van der Waals surface area contributed by atoms with E-state index in [1.54, 1.807) is 6.92 Å². The SMILES string of the molecule is CCO.NC(=O)c1ccccc1[N+](=O)[O-]. The van der Waals surface area contributed by atoms with Gasteiger partial charge in [-0.3, -0.25) is 14.9 Å². The van der Waals surface area contributed by atoms with Gasteiger partial charge in [-0.1, -0.05) is 12.1 Å². The smallest absolute Gasteiger partial charge is 0.282 e. The topological polar surface area (TPSA) is 106 Å². The maximum absolute atomic E-state index is 10.6. The van der Waals surface area contributed by atoms with Gasteiger partial charge < -0.3 is 10.8 Å². The normalized spacial score (nSPS) is 8.67. The highest BCUT2D eigenvalue weighted by Crippen LogP contribution is 2.16. The first kappa shape index (κ1) is 13.1. The molecule has 0 aromatic heterocycles. The first-order valence-corrected chi connectivity index (χ1v) is 4.18. The van der Waals surface area contributed by atoms with Crippen molar-refractivity contribution in [3.05, 3.63) is 39.9 Å². The van der Waals surface area contributed by atoms with Crippen LogP contribution in [0.4, 0.5) is 5.69 Å². The maximum atomic E-state index is 10.6. The van der Waals surface area contributed by atoms with Crippen molar-refractivity contribution in [1.29, 1.82) is 0 Å². The Hall–Kier alpha value is -1.95. The number of primary amides is 1. The number of carbonyl (C=O) groups is 1. The zero-order valence-corrected chi connectivity index (χ0v) is 8.21. The van der Waals surface area contributed by atoms with E-state index in [1.165, 1.54) is 24.3 Å². The number of benzene rings is 1. The van der Waals surface area contributed by atoms with Crippen molar-refractivity contribution in [2.45, 2.75) is 6.92 Å². The molecule has 0 saturated heterocycles. The van der Waals surface area contributed by atoms with Gasteiger partial charge in [0.2, 0.25) is 0 Å². The quantitative estimate of drug-likeness (QED) is 0.555. The molecule has 0 atom stereocenters. The Bertz CT molecular complexity index is 319. The van der Waals surface area contributed by atoms with Gasteiger partial charge in [0.1, 0.15) is 5.56 Å². The van der Waals surface area contributed by atoms with Crippen molar-refractivity contribution in [1.82, 2.24) is 0 Å². The van der Waals surface area contributed by atoms with Crippen molar-refractivity contribution in [3.63, 3.8) is 0 Å². The van der Waals surface area contributed by atoms with E-state index in [9.17, 15) is 14.9 Å². The Balaban J connectivity index is 0.000000583. The van der Waals surface area contributed by atoms with E-state index in [0.29, 0.717) is 0 Å². The summed E-state index contributed by atoms with van der Waals surface area (Å²) in [6.07, 6.45) is 0. The van der Waals surface area contributed by atoms with Gasteiger partial charge in [-0.05, 0) is 13.0 Å². The zero-order valence-electron chi connectivity index (χ0n) is 8.21. The third-order valence-electron chi connectivity index (χ3n) is 1.37. The molecule has 0 radical (unpaired) electrons. The van der Waals surface area contributed by atoms with Crippen molar-refractivity contribution < 1.29 is 14.8 Å². The van der Waals surface area contributed by atoms with E-state index < -0.39 is 10.8 Å². The number of amides is 1. The number of nitro benzene ring substituents is 1. The molecular formula is C9H12N2O4. The van der Waals surface area contributed by atoms with E-state index in [-0.39, 0.29) is 17.9 Å². The van der Waals surface area contributed by atoms with Gasteiger partial charge in [-0.15, -0.1) is 0 Å². The summed E-state index contributed by atoms with van der Waals surface area (Å²) in [4.78, 5) is 20.3. The molecule has 82 valence electrons. The molecule has 1 rings (SSSR count). The number of rotatable bonds is 2. The van der Waals surface area contributed by atoms with Crippen LogP contribution in [0.15, 0.2) is 24.3 Å². The van der Waals surface area contributed by atoms with Gasteiger partial charge in [0, 0.05) is 12.7 Å². The predicted octanol–water partition coefficient (Wildman–Crippen LogP) is 0.692. The van der Waals surface area contributed by atoms with Crippen LogP contribution in [0.5, 0.6) is 0 Å². The molecule has 0 heterocycles. The maximum Gasteiger partial charge on any atom is 0.282 e. The average Bonchev–Trinajstić information content (AvgIpc) is 2.19. The molecule has 1 aromatic carbocycles. The summed E-state index contributed by atoms with van der Waals surface area (Å²) < 4.78 is 0. The molecule has 6 nitrogen and oxygen atoms in total. The molecule has 0 unspecified atom stereocenters. The third-order valence-corrected chi connectivity index (χ3v) is 1.37. The lowest BCUT2D eigenvalue weighted by molar-refractivity contribution is -0.385. The number of aliphatic hydroxyl groups excluding tert-OH is 1. The van der Waals surface area contributed by atoms with Crippen LogP contribution >= 0.6 is 0 Å². The summed E-state index contributed by atoms with van der Waals surface area (Å²) in [5, 5.41) is 17.9. The molecule has 6 heteroatoms. The number of nitro groups is 1. The predicted molar refractivity (Wildman–Crippen MR) is 54.4 cm³/mol. The van der Waals surface area contributed by atoms with Crippen molar-refractivity contribution >= 4 is 11.6 Å². The number of nitrogens with zero attached hydrogens (tertiary/aromatic N) is 1. The van der Waals surface area contributed by atoms with Crippen LogP contribution in [0.1, 0.15) is 17.3 Å². The van der Waals surface area contributed by atoms with Crippen LogP contribution < -0.4 is 5.73 Å². The number of hydrogen-bond acceptors (Lipinski definition) is 4. The number of aliphatic hydroxyl groups is 1. The van der Waals surface area contributed by atoms with Gasteiger partial charge in [-0.25, -0.2) is 0 Å². The summed E-state index contributed by atoms with van der Waals surface area (Å²) in [6.45, 7) is 1.93. The van der Waals surface area contributed by atoms with Crippen molar-refractivity contribution in [2.24, 2.45) is 5.73 Å². The highest BCUT2D eigenvalue weighted by molar-refractivity contribution is 5.96. The van der Waals surface area contributed by atoms with E-state index in [2.05, 4.69) is 0 Å². The van der Waals surface area contributed by atoms with Crippen LogP contribution in [-0.2, 0) is 0 Å². The monoisotopic (exact) mass is 212 g/mol. The highest BCUT2D eigenvalue weighted by Gasteiger charge is 2.15. The van der Waals surface area contributed by atoms with Gasteiger partial charge in [0.25, 0.3) is 11.6 Å². The second-order valence-corrected chi connectivity index (χ2v) is 2.45. The van der Waals surface area contributed by atoms with Crippen LogP contribution in [0.25, 0.3) is 0 Å². The van der Waals surface area contributed by atoms with Crippen LogP contribution in [0.3, 0.4) is 0 Å². The van der Waals surface area contributed by atoms with Gasteiger partial charge in [-0.2, -0.15) is 0 Å². The Morgan fingerprint density at radius 2 is 2.00 bits per heavy atom. The summed E-state index contributed by atoms with van der Waals surface area (Å²) in [5.74, 6) is -0.790. The average molecular weight is 212 g/mol. The summed E-state index contributed by atoms with van der Waals surface area (Å²) in [6, 6.07) is 5.55. The minimum absolute atomic E-state index is 0.0671. The lowest BCUT2D eigenvalue weighted by Gasteiger charge is -1.95. The fraction of sp³-hybridized carbons (Fsp3) is 0.222. The molecule has 0 spiro atoms. The highest BCUT2D eigenvalue weighted by atomic mass is 16.6. The van der Waals surface area contributed by atoms with E-state index in [4.69, 9.17) is 10.8 Å². The Morgan fingerprint density at radius 1 is 1.53 bits per heavy atom. The lowest BCUT2D eigenvalue weighted by atomic mass is 10.2. The van der Waals surface area contributed by atoms with E-state index >= 15 is 0 Å². The van der Waals surface area contributed by atoms with Crippen LogP contribution in [-0.4, -0.2) is 22.5 Å². The van der Waals surface area contributed by atoms with E-state index in [1.807, 2.05) is 0 Å². The molecule has 0 fully saturated rings. The molecular weight excluding hydrogens is 200 g/mol. The van der Waals surface area contributed by atoms with Gasteiger partial charge in [0.15, 0.2) is 0 Å². The molecule has 0 aliphatic rings. The lowest BCUT2D eigenvalue weighted by Crippen LogP contribution is -2.12. The molecule has 0 saturated carbocycles. The molecule has 15 heavy (non-hydrogen) atoms. The van der Waals surface area contributed by atoms with Crippen LogP contribution in [0, 0.1) is 10.1 Å². The number of para-hydroxylation sites is 1. The molecule has 0 aliphatic carbocycles. The Kier molecular flexibility index (Phi) is 5.65. The van der Waals surface area contributed by atoms with Gasteiger partial charge >= 0.3 is 0 Å². The van der Waals surface area contributed by atoms with E-state index in [0.717, 1.165) is 0 Å². The summed E-state index contributed by atoms with van der Waals surface area (Å²) in [7, 11) is 0. The first-order valence-electron chi connectivity index (χ1n) is 4.18. The van der Waals surface area contributed by atoms with Crippen molar-refractivity contribution in [2.75, 3.05) is 6.61 Å². The third kappa shape index (κ3) is 4.19. The largest absolute Gasteiger partial charge is 0.397 e. The standard InChI is InChI=1S/C7H6N2O3.C2H6O/c8-7(10)5-3-1-2-4-6(5)9(11)12;1-2-3/h1-4H,(H2,8,10);3H,2H2,1H3. The molecule has 0 bridgehead atoms. The zero-order chi connectivity index (χ0) is 11.8. The molecule has 0 aliphatic heterocycles. The number of carbonyl (C=O) groups excluding carboxylic acids is 1. The summed E-state index contributed by atoms with van der Waals surface area (Å²) >= 11 is 0. The summed E-state index contributed by atoms with van der Waals surface area (Å²) in [5.41, 5.74) is 4.58. The number of nitrogens with two attached hydrogens (primary N) is 1. The van der Waals surface area contributed by atoms with Crippen molar-refractivity contribution in [3.8, 4) is 0 Å². The minimum Gasteiger partial charge on any atom is -0.397 e. The van der Waals surface area contributed by atoms with Gasteiger partial charge in [0.05, 0.1) is 4.92 Å². The second-order valence-electron chi connectivity index (χ2n) is 2.45. The minimum atomic E-state index is -0.790. The fourth-order valence-corrected chi connectivity index (χ4v) is 0.841. The fourth-order valence-electron chi connectivity index (χ4n) is 0.841. The molecule has 3 N–H and O–H groups in total. The Morgan fingerprint density at radius 3 is 2.33 bits per heavy atom. The molecule has 1 amide bonds. The van der Waals surface area contributed by atoms with Crippen LogP contribution in [0.2, 0.25) is 0 Å².